The lowest BCUT2D eigenvalue weighted by Crippen LogP contribution is -2.20. The molecule has 0 aliphatic rings. The van der Waals surface area contributed by atoms with E-state index in [4.69, 9.17) is 14.7 Å². The summed E-state index contributed by atoms with van der Waals surface area (Å²) in [6, 6.07) is 3.51. The van der Waals surface area contributed by atoms with Crippen molar-refractivity contribution in [2.45, 2.75) is 32.7 Å². The molecule has 0 radical (unpaired) electrons. The zero-order chi connectivity index (χ0) is 15.0. The second-order valence-corrected chi connectivity index (χ2v) is 5.72. The van der Waals surface area contributed by atoms with Crippen LogP contribution in [0.1, 0.15) is 32.3 Å². The van der Waals surface area contributed by atoms with Crippen LogP contribution in [0.15, 0.2) is 27.3 Å². The first kappa shape index (κ1) is 13.3. The average Bonchev–Trinajstić information content (AvgIpc) is 3.09. The summed E-state index contributed by atoms with van der Waals surface area (Å²) in [6.45, 7) is 6.47. The lowest BCUT2D eigenvalue weighted by atomic mass is 9.92. The van der Waals surface area contributed by atoms with Gasteiger partial charge in [0.25, 0.3) is 5.89 Å². The summed E-state index contributed by atoms with van der Waals surface area (Å²) in [5.74, 6) is 1.76. The minimum absolute atomic E-state index is 0.179. The minimum atomic E-state index is -0.179. The fourth-order valence-corrected chi connectivity index (χ4v) is 2.16. The predicted molar refractivity (Wildman–Crippen MR) is 74.2 cm³/mol. The summed E-state index contributed by atoms with van der Waals surface area (Å²) < 4.78 is 12.1. The zero-order valence-electron chi connectivity index (χ0n) is 12.1. The van der Waals surface area contributed by atoms with Crippen molar-refractivity contribution < 1.29 is 8.94 Å². The van der Waals surface area contributed by atoms with Crippen LogP contribution in [0, 0.1) is 0 Å². The van der Waals surface area contributed by atoms with Crippen LogP contribution in [0.4, 0.5) is 5.82 Å². The molecule has 0 aliphatic heterocycles. The predicted octanol–water partition coefficient (Wildman–Crippen LogP) is 1.85. The maximum absolute atomic E-state index is 5.89. The Morgan fingerprint density at radius 2 is 2.14 bits per heavy atom. The van der Waals surface area contributed by atoms with Gasteiger partial charge in [0.2, 0.25) is 0 Å². The van der Waals surface area contributed by atoms with Crippen LogP contribution >= 0.6 is 0 Å². The molecule has 8 heteroatoms. The van der Waals surface area contributed by atoms with E-state index >= 15 is 0 Å². The highest BCUT2D eigenvalue weighted by Crippen LogP contribution is 2.26. The van der Waals surface area contributed by atoms with Crippen molar-refractivity contribution in [3.05, 3.63) is 29.9 Å². The van der Waals surface area contributed by atoms with Crippen molar-refractivity contribution in [3.8, 4) is 11.7 Å². The molecule has 0 saturated heterocycles. The Kier molecular flexibility index (Phi) is 3.00. The van der Waals surface area contributed by atoms with E-state index in [1.165, 1.54) is 0 Å². The fraction of sp³-hybridized carbons (Fsp3) is 0.385. The van der Waals surface area contributed by atoms with Gasteiger partial charge in [-0.25, -0.2) is 4.68 Å². The lowest BCUT2D eigenvalue weighted by molar-refractivity contribution is 0.403. The van der Waals surface area contributed by atoms with E-state index in [9.17, 15) is 0 Å². The maximum Gasteiger partial charge on any atom is 0.293 e. The third-order valence-electron chi connectivity index (χ3n) is 2.96. The van der Waals surface area contributed by atoms with Gasteiger partial charge in [-0.15, -0.1) is 5.10 Å². The first-order valence-electron chi connectivity index (χ1n) is 6.51. The molecule has 2 N–H and O–H groups in total. The summed E-state index contributed by atoms with van der Waals surface area (Å²) in [6.07, 6.45) is 1.55. The summed E-state index contributed by atoms with van der Waals surface area (Å²) >= 11 is 0. The highest BCUT2D eigenvalue weighted by molar-refractivity contribution is 5.43. The van der Waals surface area contributed by atoms with Gasteiger partial charge in [0.15, 0.2) is 17.4 Å². The Morgan fingerprint density at radius 3 is 2.81 bits per heavy atom. The second-order valence-electron chi connectivity index (χ2n) is 5.72. The Labute approximate surface area is 120 Å². The quantitative estimate of drug-likeness (QED) is 0.783. The molecule has 3 heterocycles. The van der Waals surface area contributed by atoms with Crippen LogP contribution < -0.4 is 5.73 Å². The number of furan rings is 1. The Morgan fingerprint density at radius 1 is 1.33 bits per heavy atom. The third-order valence-corrected chi connectivity index (χ3v) is 2.96. The highest BCUT2D eigenvalue weighted by Gasteiger charge is 2.25. The molecule has 0 spiro atoms. The van der Waals surface area contributed by atoms with Gasteiger partial charge >= 0.3 is 0 Å². The number of aromatic nitrogens is 5. The molecule has 3 aromatic rings. The topological polar surface area (TPSA) is 109 Å². The van der Waals surface area contributed by atoms with Crippen LogP contribution in [0.2, 0.25) is 0 Å². The van der Waals surface area contributed by atoms with Crippen LogP contribution in [-0.2, 0) is 12.0 Å². The van der Waals surface area contributed by atoms with Crippen molar-refractivity contribution in [2.24, 2.45) is 0 Å². The molecule has 0 unspecified atom stereocenters. The van der Waals surface area contributed by atoms with Crippen LogP contribution in [0.5, 0.6) is 0 Å². The molecule has 0 atom stereocenters. The Balaban J connectivity index is 1.88. The molecule has 0 amide bonds. The number of rotatable bonds is 3. The molecule has 0 aliphatic carbocycles. The van der Waals surface area contributed by atoms with E-state index in [0.717, 1.165) is 5.69 Å². The largest absolute Gasteiger partial charge is 0.459 e. The van der Waals surface area contributed by atoms with Gasteiger partial charge in [0.05, 0.1) is 12.0 Å². The first-order chi connectivity index (χ1) is 9.95. The molecule has 0 bridgehead atoms. The molecule has 21 heavy (non-hydrogen) atoms. The number of hydrogen-bond acceptors (Lipinski definition) is 7. The summed E-state index contributed by atoms with van der Waals surface area (Å²) in [4.78, 5) is 4.28. The van der Waals surface area contributed by atoms with Gasteiger partial charge in [-0.1, -0.05) is 31.1 Å². The van der Waals surface area contributed by atoms with Crippen molar-refractivity contribution in [1.82, 2.24) is 25.1 Å². The molecule has 0 saturated carbocycles. The smallest absolute Gasteiger partial charge is 0.293 e. The molecule has 0 fully saturated rings. The summed E-state index contributed by atoms with van der Waals surface area (Å²) in [7, 11) is 0. The van der Waals surface area contributed by atoms with Crippen molar-refractivity contribution in [3.63, 3.8) is 0 Å². The average molecular weight is 288 g/mol. The molecular formula is C13H16N6O2. The van der Waals surface area contributed by atoms with Gasteiger partial charge in [-0.2, -0.15) is 4.98 Å². The lowest BCUT2D eigenvalue weighted by Gasteiger charge is -2.19. The van der Waals surface area contributed by atoms with Crippen molar-refractivity contribution in [2.75, 3.05) is 5.73 Å². The monoisotopic (exact) mass is 288 g/mol. The number of nitrogen functional groups attached to an aromatic ring is 1. The minimum Gasteiger partial charge on any atom is -0.459 e. The van der Waals surface area contributed by atoms with E-state index in [0.29, 0.717) is 29.8 Å². The number of nitrogens with zero attached hydrogens (tertiary/aromatic N) is 5. The number of nitrogens with two attached hydrogens (primary N) is 1. The van der Waals surface area contributed by atoms with Gasteiger partial charge < -0.3 is 14.7 Å². The molecular weight excluding hydrogens is 272 g/mol. The van der Waals surface area contributed by atoms with Crippen LogP contribution in [0.3, 0.4) is 0 Å². The van der Waals surface area contributed by atoms with Crippen LogP contribution in [-0.4, -0.2) is 25.1 Å². The van der Waals surface area contributed by atoms with Gasteiger partial charge in [0, 0.05) is 5.41 Å². The van der Waals surface area contributed by atoms with Gasteiger partial charge in [-0.05, 0) is 12.1 Å². The van der Waals surface area contributed by atoms with Crippen molar-refractivity contribution in [1.29, 1.82) is 0 Å². The summed E-state index contributed by atoms with van der Waals surface area (Å²) in [5, 5.41) is 11.9. The fourth-order valence-electron chi connectivity index (χ4n) is 2.16. The molecule has 110 valence electrons. The van der Waals surface area contributed by atoms with E-state index in [-0.39, 0.29) is 5.41 Å². The van der Waals surface area contributed by atoms with E-state index < -0.39 is 0 Å². The van der Waals surface area contributed by atoms with Gasteiger partial charge in [-0.3, -0.25) is 0 Å². The maximum atomic E-state index is 5.89. The highest BCUT2D eigenvalue weighted by atomic mass is 16.5. The first-order valence-corrected chi connectivity index (χ1v) is 6.51. The summed E-state index contributed by atoms with van der Waals surface area (Å²) in [5.41, 5.74) is 6.55. The Hall–Kier alpha value is -2.64. The molecule has 0 aromatic carbocycles. The molecule has 8 nitrogen and oxygen atoms in total. The third kappa shape index (κ3) is 2.51. The van der Waals surface area contributed by atoms with E-state index in [1.807, 2.05) is 20.8 Å². The second kappa shape index (κ2) is 4.72. The standard InChI is InChI=1S/C13H16N6O2/c1-13(2,3)10-11(14)16-18-19(10)7-9-15-12(21-17-9)8-5-4-6-20-8/h4-6H,7,14H2,1-3H3. The van der Waals surface area contributed by atoms with Gasteiger partial charge in [0.1, 0.15) is 6.54 Å². The van der Waals surface area contributed by atoms with E-state index in [1.54, 1.807) is 23.1 Å². The van der Waals surface area contributed by atoms with E-state index in [2.05, 4.69) is 20.5 Å². The number of hydrogen-bond donors (Lipinski definition) is 1. The Bertz CT molecular complexity index is 735. The normalized spacial score (nSPS) is 12.0. The molecule has 3 rings (SSSR count). The molecule has 3 aromatic heterocycles. The van der Waals surface area contributed by atoms with Crippen molar-refractivity contribution >= 4 is 5.82 Å². The SMILES string of the molecule is CC(C)(C)c1c(N)nnn1Cc1noc(-c2ccco2)n1. The zero-order valence-corrected chi connectivity index (χ0v) is 12.1. The van der Waals surface area contributed by atoms with Crippen LogP contribution in [0.25, 0.3) is 11.7 Å². The number of anilines is 1.